The van der Waals surface area contributed by atoms with Gasteiger partial charge in [0.25, 0.3) is 0 Å². The van der Waals surface area contributed by atoms with Gasteiger partial charge in [-0.25, -0.2) is 0 Å². The van der Waals surface area contributed by atoms with E-state index in [-0.39, 0.29) is 30.3 Å². The molecule has 3 atom stereocenters. The van der Waals surface area contributed by atoms with Crippen molar-refractivity contribution in [2.45, 2.75) is 85.2 Å². The third-order valence-corrected chi connectivity index (χ3v) is 6.08. The first-order chi connectivity index (χ1) is 15.5. The quantitative estimate of drug-likeness (QED) is 0.215. The fraction of sp³-hybridized carbons (Fsp3) is 0.519. The van der Waals surface area contributed by atoms with Crippen molar-refractivity contribution in [3.8, 4) is 5.75 Å². The minimum Gasteiger partial charge on any atom is -0.481 e. The van der Waals surface area contributed by atoms with E-state index < -0.39 is 11.9 Å². The molecule has 0 heterocycles. The van der Waals surface area contributed by atoms with E-state index in [9.17, 15) is 19.5 Å². The van der Waals surface area contributed by atoms with E-state index in [2.05, 4.69) is 13.5 Å². The van der Waals surface area contributed by atoms with Gasteiger partial charge in [0.1, 0.15) is 11.9 Å². The van der Waals surface area contributed by atoms with Gasteiger partial charge in [-0.3, -0.25) is 14.4 Å². The molecule has 0 saturated heterocycles. The third-order valence-electron chi connectivity index (χ3n) is 6.08. The molecular weight excluding hydrogens is 420 g/mol. The summed E-state index contributed by atoms with van der Waals surface area (Å²) in [5.74, 6) is -1.70. The maximum absolute atomic E-state index is 12.0. The summed E-state index contributed by atoms with van der Waals surface area (Å²) in [6, 6.07) is 3.80. The van der Waals surface area contributed by atoms with Crippen molar-refractivity contribution in [3.63, 3.8) is 0 Å². The summed E-state index contributed by atoms with van der Waals surface area (Å²) in [5, 5.41) is 9.64. The average molecular weight is 457 g/mol. The zero-order chi connectivity index (χ0) is 24.7. The summed E-state index contributed by atoms with van der Waals surface area (Å²) in [5.41, 5.74) is 4.07. The van der Waals surface area contributed by atoms with Gasteiger partial charge in [-0.05, 0) is 61.8 Å². The highest BCUT2D eigenvalue weighted by molar-refractivity contribution is 5.74. The monoisotopic (exact) mass is 456 g/mol. The SMILES string of the molecule is C=C(C)[C@@H]1CC(OC(C)=O)C(C)=C[C@H]1c1c(CC(=O)O)cc(CCCCC)cc1OC(C)=O. The predicted molar refractivity (Wildman–Crippen MR) is 127 cm³/mol. The number of carbonyl (C=O) groups is 3. The first-order valence-corrected chi connectivity index (χ1v) is 11.6. The lowest BCUT2D eigenvalue weighted by Crippen LogP contribution is -2.30. The van der Waals surface area contributed by atoms with Crippen LogP contribution in [0, 0.1) is 5.92 Å². The van der Waals surface area contributed by atoms with Crippen molar-refractivity contribution in [2.75, 3.05) is 0 Å². The molecule has 33 heavy (non-hydrogen) atoms. The zero-order valence-corrected chi connectivity index (χ0v) is 20.4. The molecule has 1 aromatic carbocycles. The number of benzene rings is 1. The van der Waals surface area contributed by atoms with Crippen LogP contribution < -0.4 is 4.74 Å². The van der Waals surface area contributed by atoms with E-state index in [1.54, 1.807) is 0 Å². The lowest BCUT2D eigenvalue weighted by Gasteiger charge is -2.36. The highest BCUT2D eigenvalue weighted by Crippen LogP contribution is 2.46. The van der Waals surface area contributed by atoms with E-state index in [1.165, 1.54) is 13.8 Å². The van der Waals surface area contributed by atoms with Gasteiger partial charge in [-0.15, -0.1) is 0 Å². The van der Waals surface area contributed by atoms with Gasteiger partial charge in [0, 0.05) is 25.3 Å². The minimum atomic E-state index is -0.947. The number of allylic oxidation sites excluding steroid dienone is 2. The number of ether oxygens (including phenoxy) is 2. The Balaban J connectivity index is 2.67. The van der Waals surface area contributed by atoms with E-state index in [1.807, 2.05) is 32.1 Å². The molecule has 0 aliphatic heterocycles. The second-order valence-corrected chi connectivity index (χ2v) is 9.01. The second kappa shape index (κ2) is 11.8. The van der Waals surface area contributed by atoms with Crippen molar-refractivity contribution in [2.24, 2.45) is 5.92 Å². The Hall–Kier alpha value is -2.89. The van der Waals surface area contributed by atoms with E-state index in [0.29, 0.717) is 23.3 Å². The van der Waals surface area contributed by atoms with Crippen LogP contribution in [0.3, 0.4) is 0 Å². The first kappa shape index (κ1) is 26.4. The molecule has 180 valence electrons. The molecule has 6 nitrogen and oxygen atoms in total. The summed E-state index contributed by atoms with van der Waals surface area (Å²) < 4.78 is 11.2. The molecule has 1 aliphatic carbocycles. The minimum absolute atomic E-state index is 0.106. The van der Waals surface area contributed by atoms with Crippen molar-refractivity contribution in [3.05, 3.63) is 52.6 Å². The van der Waals surface area contributed by atoms with E-state index in [0.717, 1.165) is 42.4 Å². The van der Waals surface area contributed by atoms with Crippen LogP contribution >= 0.6 is 0 Å². The first-order valence-electron chi connectivity index (χ1n) is 11.6. The average Bonchev–Trinajstić information content (AvgIpc) is 2.68. The normalized spacial score (nSPS) is 20.0. The third kappa shape index (κ3) is 7.31. The van der Waals surface area contributed by atoms with Crippen LogP contribution in [0.5, 0.6) is 5.75 Å². The molecule has 1 aromatic rings. The Morgan fingerprint density at radius 3 is 2.36 bits per heavy atom. The van der Waals surface area contributed by atoms with Crippen molar-refractivity contribution < 1.29 is 29.0 Å². The second-order valence-electron chi connectivity index (χ2n) is 9.01. The van der Waals surface area contributed by atoms with E-state index in [4.69, 9.17) is 9.47 Å². The Labute approximate surface area is 196 Å². The molecule has 0 bridgehead atoms. The van der Waals surface area contributed by atoms with Crippen LogP contribution in [0.1, 0.15) is 82.9 Å². The summed E-state index contributed by atoms with van der Waals surface area (Å²) in [6.45, 7) is 12.8. The zero-order valence-electron chi connectivity index (χ0n) is 20.4. The van der Waals surface area contributed by atoms with Crippen molar-refractivity contribution >= 4 is 17.9 Å². The summed E-state index contributed by atoms with van der Waals surface area (Å²) >= 11 is 0. The molecule has 0 aromatic heterocycles. The maximum atomic E-state index is 12.0. The van der Waals surface area contributed by atoms with Crippen LogP contribution in [0.2, 0.25) is 0 Å². The number of carbonyl (C=O) groups excluding carboxylic acids is 2. The largest absolute Gasteiger partial charge is 0.481 e. The van der Waals surface area contributed by atoms with Crippen LogP contribution in [0.15, 0.2) is 35.9 Å². The number of aryl methyl sites for hydroxylation is 1. The Bertz CT molecular complexity index is 905. The number of rotatable bonds is 10. The highest BCUT2D eigenvalue weighted by atomic mass is 16.5. The number of esters is 2. The molecule has 6 heteroatoms. The van der Waals surface area contributed by atoms with Crippen LogP contribution in [0.4, 0.5) is 0 Å². The maximum Gasteiger partial charge on any atom is 0.308 e. The lowest BCUT2D eigenvalue weighted by atomic mass is 9.71. The van der Waals surface area contributed by atoms with Crippen LogP contribution in [-0.4, -0.2) is 29.1 Å². The topological polar surface area (TPSA) is 89.9 Å². The predicted octanol–water partition coefficient (Wildman–Crippen LogP) is 5.53. The number of hydrogen-bond donors (Lipinski definition) is 1. The molecule has 0 saturated carbocycles. The van der Waals surface area contributed by atoms with Crippen LogP contribution in [-0.2, 0) is 32.0 Å². The molecule has 1 unspecified atom stereocenters. The molecule has 0 amide bonds. The Morgan fingerprint density at radius 2 is 1.82 bits per heavy atom. The fourth-order valence-corrected chi connectivity index (χ4v) is 4.60. The summed E-state index contributed by atoms with van der Waals surface area (Å²) in [7, 11) is 0. The summed E-state index contributed by atoms with van der Waals surface area (Å²) in [4.78, 5) is 35.3. The molecule has 0 radical (unpaired) electrons. The number of aliphatic carboxylic acids is 1. The molecule has 0 fully saturated rings. The van der Waals surface area contributed by atoms with Gasteiger partial charge < -0.3 is 14.6 Å². The van der Waals surface area contributed by atoms with Gasteiger partial charge >= 0.3 is 17.9 Å². The molecule has 2 rings (SSSR count). The number of carboxylic acid groups (broad SMARTS) is 1. The smallest absolute Gasteiger partial charge is 0.308 e. The number of hydrogen-bond acceptors (Lipinski definition) is 5. The van der Waals surface area contributed by atoms with E-state index >= 15 is 0 Å². The number of unbranched alkanes of at least 4 members (excludes halogenated alkanes) is 2. The fourth-order valence-electron chi connectivity index (χ4n) is 4.60. The van der Waals surface area contributed by atoms with Gasteiger partial charge in [-0.1, -0.05) is 44.1 Å². The van der Waals surface area contributed by atoms with Crippen molar-refractivity contribution in [1.82, 2.24) is 0 Å². The summed E-state index contributed by atoms with van der Waals surface area (Å²) in [6.07, 6.45) is 5.90. The molecule has 0 spiro atoms. The Kier molecular flexibility index (Phi) is 9.44. The molecule has 1 aliphatic rings. The number of carboxylic acids is 1. The highest BCUT2D eigenvalue weighted by Gasteiger charge is 2.36. The molecular formula is C27H36O6. The standard InChI is InChI=1S/C27H36O6/c1-7-8-9-10-20-12-21(14-26(30)31)27(25(13-20)33-19(6)29)23-11-17(4)24(32-18(5)28)15-22(23)16(2)3/h11-13,22-24H,2,7-10,14-15H2,1,3-6H3,(H,30,31)/t22-,23+,24?/m0/s1. The van der Waals surface area contributed by atoms with Crippen LogP contribution in [0.25, 0.3) is 0 Å². The lowest BCUT2D eigenvalue weighted by molar-refractivity contribution is -0.145. The van der Waals surface area contributed by atoms with Gasteiger partial charge in [0.2, 0.25) is 0 Å². The van der Waals surface area contributed by atoms with Crippen molar-refractivity contribution in [1.29, 1.82) is 0 Å². The van der Waals surface area contributed by atoms with Gasteiger partial charge in [0.15, 0.2) is 0 Å². The Morgan fingerprint density at radius 1 is 1.12 bits per heavy atom. The van der Waals surface area contributed by atoms with Gasteiger partial charge in [-0.2, -0.15) is 0 Å². The molecule has 1 N–H and O–H groups in total. The van der Waals surface area contributed by atoms with Gasteiger partial charge in [0.05, 0.1) is 6.42 Å².